The number of carbonyl (C=O) groups is 1. The van der Waals surface area contributed by atoms with Gasteiger partial charge in [0.2, 0.25) is 0 Å². The number of nitrogens with zero attached hydrogens (tertiary/aromatic N) is 3. The van der Waals surface area contributed by atoms with Crippen molar-refractivity contribution in [2.24, 2.45) is 0 Å². The van der Waals surface area contributed by atoms with Gasteiger partial charge in [0.25, 0.3) is 5.91 Å². The minimum absolute atomic E-state index is 0.0977. The summed E-state index contributed by atoms with van der Waals surface area (Å²) in [5, 5.41) is 19.7. The van der Waals surface area contributed by atoms with Gasteiger partial charge in [-0.25, -0.2) is 0 Å². The minimum Gasteiger partial charge on any atom is -0.379 e. The Morgan fingerprint density at radius 1 is 1.17 bits per heavy atom. The topological polar surface area (TPSA) is 67.6 Å². The number of hydrogen-bond acceptors (Lipinski definition) is 4. The average Bonchev–Trinajstić information content (AvgIpc) is 3.09. The molecule has 23 heavy (non-hydrogen) atoms. The van der Waals surface area contributed by atoms with Gasteiger partial charge < -0.3 is 10.0 Å². The van der Waals surface area contributed by atoms with Crippen molar-refractivity contribution in [1.82, 2.24) is 9.80 Å². The number of benzene rings is 1. The highest BCUT2D eigenvalue weighted by Gasteiger charge is 2.43. The van der Waals surface area contributed by atoms with Gasteiger partial charge in [0, 0.05) is 26.2 Å². The second kappa shape index (κ2) is 6.69. The number of piperidine rings is 1. The Morgan fingerprint density at radius 2 is 1.87 bits per heavy atom. The highest BCUT2D eigenvalue weighted by molar-refractivity contribution is 5.85. The molecule has 0 saturated carbocycles. The first-order valence-electron chi connectivity index (χ1n) is 8.34. The Hall–Kier alpha value is -1.90. The Bertz CT molecular complexity index is 602. The molecule has 2 aliphatic heterocycles. The summed E-state index contributed by atoms with van der Waals surface area (Å²) in [4.78, 5) is 16.6. The first-order chi connectivity index (χ1) is 11.1. The summed E-state index contributed by atoms with van der Waals surface area (Å²) in [5.74, 6) is -0.0977. The van der Waals surface area contributed by atoms with E-state index in [1.165, 1.54) is 0 Å². The largest absolute Gasteiger partial charge is 0.379 e. The molecule has 0 spiro atoms. The van der Waals surface area contributed by atoms with E-state index in [9.17, 15) is 9.90 Å². The van der Waals surface area contributed by atoms with Crippen LogP contribution in [0.3, 0.4) is 0 Å². The van der Waals surface area contributed by atoms with Crippen LogP contribution in [-0.4, -0.2) is 52.6 Å². The number of nitriles is 1. The van der Waals surface area contributed by atoms with Gasteiger partial charge >= 0.3 is 0 Å². The number of rotatable bonds is 3. The van der Waals surface area contributed by atoms with Gasteiger partial charge in [-0.3, -0.25) is 9.69 Å². The van der Waals surface area contributed by atoms with E-state index in [1.54, 1.807) is 12.1 Å². The zero-order valence-corrected chi connectivity index (χ0v) is 13.4. The molecule has 0 bridgehead atoms. The molecular formula is C18H23N3O2. The van der Waals surface area contributed by atoms with Gasteiger partial charge in [0.1, 0.15) is 0 Å². The highest BCUT2D eigenvalue weighted by Crippen LogP contribution is 2.26. The van der Waals surface area contributed by atoms with Crippen molar-refractivity contribution in [3.8, 4) is 6.07 Å². The molecule has 2 heterocycles. The van der Waals surface area contributed by atoms with Crippen molar-refractivity contribution in [3.63, 3.8) is 0 Å². The van der Waals surface area contributed by atoms with Crippen molar-refractivity contribution in [1.29, 1.82) is 5.26 Å². The molecule has 1 unspecified atom stereocenters. The highest BCUT2D eigenvalue weighted by atomic mass is 16.3. The molecule has 1 atom stereocenters. The lowest BCUT2D eigenvalue weighted by Gasteiger charge is -2.40. The van der Waals surface area contributed by atoms with Crippen LogP contribution in [0.2, 0.25) is 0 Å². The van der Waals surface area contributed by atoms with Crippen molar-refractivity contribution in [3.05, 3.63) is 35.4 Å². The van der Waals surface area contributed by atoms with Crippen LogP contribution in [0.15, 0.2) is 24.3 Å². The minimum atomic E-state index is -1.24. The molecule has 0 aromatic heterocycles. The van der Waals surface area contributed by atoms with E-state index in [2.05, 4.69) is 11.0 Å². The van der Waals surface area contributed by atoms with E-state index in [4.69, 9.17) is 5.26 Å². The predicted octanol–water partition coefficient (Wildman–Crippen LogP) is 1.51. The lowest BCUT2D eigenvalue weighted by atomic mass is 9.91. The summed E-state index contributed by atoms with van der Waals surface area (Å²) in [6.45, 7) is 3.52. The van der Waals surface area contributed by atoms with E-state index >= 15 is 0 Å². The molecule has 2 saturated heterocycles. The molecule has 2 fully saturated rings. The van der Waals surface area contributed by atoms with Crippen LogP contribution >= 0.6 is 0 Å². The van der Waals surface area contributed by atoms with Crippen LogP contribution in [0.5, 0.6) is 0 Å². The number of carbonyl (C=O) groups excluding carboxylic acids is 1. The summed E-state index contributed by atoms with van der Waals surface area (Å²) < 4.78 is 0. The number of hydrogen-bond donors (Lipinski definition) is 1. The Kier molecular flexibility index (Phi) is 4.65. The first kappa shape index (κ1) is 16.0. The quantitative estimate of drug-likeness (QED) is 0.918. The fraction of sp³-hybridized carbons (Fsp3) is 0.556. The van der Waals surface area contributed by atoms with E-state index in [1.807, 2.05) is 17.0 Å². The van der Waals surface area contributed by atoms with Gasteiger partial charge in [-0.2, -0.15) is 5.26 Å². The second-order valence-corrected chi connectivity index (χ2v) is 6.65. The third-order valence-electron chi connectivity index (χ3n) is 4.83. The maximum atomic E-state index is 12.6. The van der Waals surface area contributed by atoms with Crippen molar-refractivity contribution in [2.75, 3.05) is 26.2 Å². The zero-order valence-electron chi connectivity index (χ0n) is 13.4. The fourth-order valence-corrected chi connectivity index (χ4v) is 3.59. The third-order valence-corrected chi connectivity index (χ3v) is 4.83. The number of β-amino-alcohol motifs (C(OH)–C–C–N with tert-alkyl or cyclic N) is 1. The fourth-order valence-electron chi connectivity index (χ4n) is 3.59. The SMILES string of the molecule is N#Cc1ccc(CN2CCCC(O)(C(=O)N3CCCC3)C2)cc1. The first-order valence-corrected chi connectivity index (χ1v) is 8.34. The molecule has 1 N–H and O–H groups in total. The lowest BCUT2D eigenvalue weighted by Crippen LogP contribution is -2.57. The number of amides is 1. The van der Waals surface area contributed by atoms with Gasteiger partial charge in [-0.05, 0) is 49.9 Å². The van der Waals surface area contributed by atoms with Gasteiger partial charge in [-0.15, -0.1) is 0 Å². The molecule has 2 aliphatic rings. The number of aliphatic hydroxyl groups is 1. The van der Waals surface area contributed by atoms with Crippen LogP contribution in [0.4, 0.5) is 0 Å². The van der Waals surface area contributed by atoms with Crippen LogP contribution in [0, 0.1) is 11.3 Å². The average molecular weight is 313 g/mol. The summed E-state index contributed by atoms with van der Waals surface area (Å²) >= 11 is 0. The standard InChI is InChI=1S/C18H23N3O2/c19-12-15-4-6-16(7-5-15)13-20-9-3-8-18(23,14-20)17(22)21-10-1-2-11-21/h4-7,23H,1-3,8-11,13-14H2. The summed E-state index contributed by atoms with van der Waals surface area (Å²) in [6, 6.07) is 9.60. The number of likely N-dealkylation sites (tertiary alicyclic amines) is 2. The smallest absolute Gasteiger partial charge is 0.255 e. The van der Waals surface area contributed by atoms with E-state index in [-0.39, 0.29) is 5.91 Å². The maximum absolute atomic E-state index is 12.6. The van der Waals surface area contributed by atoms with Crippen molar-refractivity contribution in [2.45, 2.75) is 37.8 Å². The Labute approximate surface area is 137 Å². The van der Waals surface area contributed by atoms with Crippen molar-refractivity contribution >= 4 is 5.91 Å². The molecule has 0 aliphatic carbocycles. The van der Waals surface area contributed by atoms with Crippen LogP contribution in [0.25, 0.3) is 0 Å². The third kappa shape index (κ3) is 3.54. The molecule has 122 valence electrons. The summed E-state index contributed by atoms with van der Waals surface area (Å²) in [6.07, 6.45) is 3.45. The Morgan fingerprint density at radius 3 is 2.52 bits per heavy atom. The predicted molar refractivity (Wildman–Crippen MR) is 86.4 cm³/mol. The summed E-state index contributed by atoms with van der Waals surface area (Å²) in [5.41, 5.74) is 0.504. The van der Waals surface area contributed by atoms with E-state index < -0.39 is 5.60 Å². The molecular weight excluding hydrogens is 290 g/mol. The molecule has 1 aromatic rings. The van der Waals surface area contributed by atoms with Gasteiger partial charge in [-0.1, -0.05) is 12.1 Å². The molecule has 5 heteroatoms. The second-order valence-electron chi connectivity index (χ2n) is 6.65. The molecule has 1 aromatic carbocycles. The van der Waals surface area contributed by atoms with Gasteiger partial charge in [0.15, 0.2) is 5.60 Å². The maximum Gasteiger partial charge on any atom is 0.255 e. The normalized spacial score (nSPS) is 25.3. The molecule has 3 rings (SSSR count). The Balaban J connectivity index is 1.65. The lowest BCUT2D eigenvalue weighted by molar-refractivity contribution is -0.156. The molecule has 1 amide bonds. The van der Waals surface area contributed by atoms with Crippen LogP contribution < -0.4 is 0 Å². The van der Waals surface area contributed by atoms with Crippen LogP contribution in [0.1, 0.15) is 36.8 Å². The monoisotopic (exact) mass is 313 g/mol. The summed E-state index contributed by atoms with van der Waals surface area (Å²) in [7, 11) is 0. The van der Waals surface area contributed by atoms with E-state index in [0.717, 1.165) is 44.5 Å². The molecule has 5 nitrogen and oxygen atoms in total. The van der Waals surface area contributed by atoms with Gasteiger partial charge in [0.05, 0.1) is 11.6 Å². The van der Waals surface area contributed by atoms with Crippen molar-refractivity contribution < 1.29 is 9.90 Å². The molecule has 0 radical (unpaired) electrons. The van der Waals surface area contributed by atoms with Crippen LogP contribution in [-0.2, 0) is 11.3 Å². The zero-order chi connectivity index (χ0) is 16.3. The van der Waals surface area contributed by atoms with E-state index in [0.29, 0.717) is 25.1 Å².